The summed E-state index contributed by atoms with van der Waals surface area (Å²) in [5.74, 6) is 6.42. The molecule has 1 aromatic heterocycles. The Balaban J connectivity index is 1.38. The number of pyridine rings is 1. The molecule has 0 spiro atoms. The zero-order valence-electron chi connectivity index (χ0n) is 18.5. The second kappa shape index (κ2) is 9.64. The third-order valence-corrected chi connectivity index (χ3v) is 5.98. The molecule has 174 valence electrons. The Hall–Kier alpha value is -4.10. The molecule has 0 aliphatic rings. The summed E-state index contributed by atoms with van der Waals surface area (Å²) in [6.07, 6.45) is 0. The minimum atomic E-state index is -0.401. The van der Waals surface area contributed by atoms with E-state index in [2.05, 4.69) is 4.98 Å². The summed E-state index contributed by atoms with van der Waals surface area (Å²) in [6, 6.07) is 27.5. The van der Waals surface area contributed by atoms with Crippen LogP contribution in [0.25, 0.3) is 33.2 Å². The van der Waals surface area contributed by atoms with Gasteiger partial charge in [-0.2, -0.15) is 0 Å². The van der Waals surface area contributed by atoms with Crippen LogP contribution < -0.4 is 16.2 Å². The largest absolute Gasteiger partial charge is 0.506 e. The molecule has 0 radical (unpaired) electrons. The summed E-state index contributed by atoms with van der Waals surface area (Å²) in [5.41, 5.74) is 3.89. The van der Waals surface area contributed by atoms with Crippen molar-refractivity contribution in [2.45, 2.75) is 6.61 Å². The van der Waals surface area contributed by atoms with Crippen molar-refractivity contribution in [2.24, 2.45) is 5.90 Å². The molecule has 0 aliphatic heterocycles. The maximum atomic E-state index is 12.7. The Labute approximate surface area is 206 Å². The van der Waals surface area contributed by atoms with E-state index in [0.29, 0.717) is 39.6 Å². The second-order valence-corrected chi connectivity index (χ2v) is 8.42. The predicted octanol–water partition coefficient (Wildman–Crippen LogP) is 6.40. The molecule has 4 aromatic carbocycles. The van der Waals surface area contributed by atoms with Gasteiger partial charge in [0.15, 0.2) is 0 Å². The maximum Gasteiger partial charge on any atom is 0.260 e. The standard InChI is InChI=1S/C28H21ClN2O4/c29-20-9-14-24-25(15-20)31-28(33)26(27(24)32)18-7-12-22(13-8-18)35-21-10-5-17(6-11-21)23-4-2-1-3-19(23)16-34-30/h1-15H,16,30H2,(H2,31,32,33). The number of hydrogen-bond acceptors (Lipinski definition) is 5. The number of nitrogens with two attached hydrogens (primary N) is 1. The number of hydrogen-bond donors (Lipinski definition) is 3. The van der Waals surface area contributed by atoms with Gasteiger partial charge in [0.05, 0.1) is 17.7 Å². The van der Waals surface area contributed by atoms with E-state index in [9.17, 15) is 9.90 Å². The van der Waals surface area contributed by atoms with E-state index in [1.54, 1.807) is 42.5 Å². The highest BCUT2D eigenvalue weighted by atomic mass is 35.5. The number of fused-ring (bicyclic) bond motifs is 1. The van der Waals surface area contributed by atoms with E-state index in [1.165, 1.54) is 0 Å². The first-order valence-electron chi connectivity index (χ1n) is 10.9. The van der Waals surface area contributed by atoms with Crippen molar-refractivity contribution in [2.75, 3.05) is 0 Å². The van der Waals surface area contributed by atoms with Crippen LogP contribution in [-0.4, -0.2) is 10.1 Å². The molecule has 5 rings (SSSR count). The van der Waals surface area contributed by atoms with Crippen LogP contribution in [0.1, 0.15) is 5.56 Å². The number of aromatic amines is 1. The topological polar surface area (TPSA) is 97.6 Å². The molecule has 0 atom stereocenters. The number of rotatable bonds is 6. The quantitative estimate of drug-likeness (QED) is 0.242. The summed E-state index contributed by atoms with van der Waals surface area (Å²) < 4.78 is 5.97. The van der Waals surface area contributed by atoms with Crippen molar-refractivity contribution < 1.29 is 14.7 Å². The molecule has 0 fully saturated rings. The molecular formula is C28H21ClN2O4. The van der Waals surface area contributed by atoms with Gasteiger partial charge in [-0.15, -0.1) is 0 Å². The first-order valence-corrected chi connectivity index (χ1v) is 11.2. The zero-order chi connectivity index (χ0) is 24.4. The Morgan fingerprint density at radius 1 is 0.857 bits per heavy atom. The third kappa shape index (κ3) is 4.63. The van der Waals surface area contributed by atoms with E-state index in [0.717, 1.165) is 16.7 Å². The van der Waals surface area contributed by atoms with Gasteiger partial charge >= 0.3 is 0 Å². The predicted molar refractivity (Wildman–Crippen MR) is 138 cm³/mol. The van der Waals surface area contributed by atoms with Gasteiger partial charge in [0, 0.05) is 10.4 Å². The molecule has 7 heteroatoms. The minimum Gasteiger partial charge on any atom is -0.506 e. The van der Waals surface area contributed by atoms with Crippen LogP contribution in [-0.2, 0) is 11.4 Å². The highest BCUT2D eigenvalue weighted by Gasteiger charge is 2.14. The second-order valence-electron chi connectivity index (χ2n) is 7.99. The summed E-state index contributed by atoms with van der Waals surface area (Å²) >= 11 is 6.00. The van der Waals surface area contributed by atoms with Gasteiger partial charge in [-0.1, -0.05) is 60.1 Å². The first kappa shape index (κ1) is 22.7. The maximum absolute atomic E-state index is 12.7. The van der Waals surface area contributed by atoms with Gasteiger partial charge in [-0.05, 0) is 64.7 Å². The highest BCUT2D eigenvalue weighted by Crippen LogP contribution is 2.34. The number of aromatic hydroxyl groups is 1. The summed E-state index contributed by atoms with van der Waals surface area (Å²) in [4.78, 5) is 20.2. The molecule has 1 heterocycles. The summed E-state index contributed by atoms with van der Waals surface area (Å²) in [7, 11) is 0. The third-order valence-electron chi connectivity index (χ3n) is 5.75. The molecule has 0 amide bonds. The average Bonchev–Trinajstić information content (AvgIpc) is 2.86. The smallest absolute Gasteiger partial charge is 0.260 e. The lowest BCUT2D eigenvalue weighted by molar-refractivity contribution is 0.124. The summed E-state index contributed by atoms with van der Waals surface area (Å²) in [5, 5.41) is 11.7. The Morgan fingerprint density at radius 3 is 2.20 bits per heavy atom. The van der Waals surface area contributed by atoms with Crippen LogP contribution in [0.4, 0.5) is 0 Å². The van der Waals surface area contributed by atoms with Crippen LogP contribution >= 0.6 is 11.6 Å². The van der Waals surface area contributed by atoms with Crippen molar-refractivity contribution >= 4 is 22.5 Å². The van der Waals surface area contributed by atoms with Crippen molar-refractivity contribution in [1.82, 2.24) is 4.98 Å². The molecule has 4 N–H and O–H groups in total. The molecule has 5 aromatic rings. The van der Waals surface area contributed by atoms with Crippen LogP contribution in [0.5, 0.6) is 17.2 Å². The lowest BCUT2D eigenvalue weighted by Crippen LogP contribution is -2.09. The fraction of sp³-hybridized carbons (Fsp3) is 0.0357. The van der Waals surface area contributed by atoms with E-state index in [4.69, 9.17) is 27.1 Å². The Kier molecular flexibility index (Phi) is 6.25. The SMILES string of the molecule is NOCc1ccccc1-c1ccc(Oc2ccc(-c3c(O)c4ccc(Cl)cc4[nH]c3=O)cc2)cc1. The number of H-pyrrole nitrogens is 1. The molecule has 6 nitrogen and oxygen atoms in total. The van der Waals surface area contributed by atoms with Gasteiger partial charge in [0.2, 0.25) is 0 Å². The minimum absolute atomic E-state index is 0.0926. The molecule has 0 saturated heterocycles. The fourth-order valence-corrected chi connectivity index (χ4v) is 4.24. The van der Waals surface area contributed by atoms with E-state index in [-0.39, 0.29) is 11.3 Å². The van der Waals surface area contributed by atoms with Crippen LogP contribution in [0.2, 0.25) is 5.02 Å². The molecule has 0 unspecified atom stereocenters. The summed E-state index contributed by atoms with van der Waals surface area (Å²) in [6.45, 7) is 0.324. The van der Waals surface area contributed by atoms with Crippen molar-refractivity contribution in [3.8, 4) is 39.5 Å². The van der Waals surface area contributed by atoms with Crippen LogP contribution in [0, 0.1) is 0 Å². The van der Waals surface area contributed by atoms with Gasteiger partial charge in [-0.3, -0.25) is 9.63 Å². The first-order chi connectivity index (χ1) is 17.0. The van der Waals surface area contributed by atoms with Gasteiger partial charge < -0.3 is 14.8 Å². The molecule has 0 saturated carbocycles. The van der Waals surface area contributed by atoms with Gasteiger partial charge in [0.25, 0.3) is 5.56 Å². The molecule has 0 aliphatic carbocycles. The highest BCUT2D eigenvalue weighted by molar-refractivity contribution is 6.31. The van der Waals surface area contributed by atoms with Crippen molar-refractivity contribution in [3.63, 3.8) is 0 Å². The zero-order valence-corrected chi connectivity index (χ0v) is 19.3. The fourth-order valence-electron chi connectivity index (χ4n) is 4.07. The van der Waals surface area contributed by atoms with Crippen molar-refractivity contribution in [3.05, 3.63) is 112 Å². The van der Waals surface area contributed by atoms with Crippen LogP contribution in [0.15, 0.2) is 95.8 Å². The average molecular weight is 485 g/mol. The lowest BCUT2D eigenvalue weighted by atomic mass is 10.0. The normalized spacial score (nSPS) is 11.0. The molecular weight excluding hydrogens is 464 g/mol. The Morgan fingerprint density at radius 2 is 1.51 bits per heavy atom. The van der Waals surface area contributed by atoms with Crippen LogP contribution in [0.3, 0.4) is 0 Å². The number of aromatic nitrogens is 1. The number of ether oxygens (including phenoxy) is 1. The molecule has 35 heavy (non-hydrogen) atoms. The Bertz CT molecular complexity index is 1560. The number of nitrogens with one attached hydrogen (secondary N) is 1. The van der Waals surface area contributed by atoms with Gasteiger partial charge in [-0.25, -0.2) is 5.90 Å². The lowest BCUT2D eigenvalue weighted by Gasteiger charge is -2.11. The number of benzene rings is 4. The monoisotopic (exact) mass is 484 g/mol. The van der Waals surface area contributed by atoms with Gasteiger partial charge in [0.1, 0.15) is 17.2 Å². The molecule has 0 bridgehead atoms. The van der Waals surface area contributed by atoms with E-state index in [1.807, 2.05) is 48.5 Å². The van der Waals surface area contributed by atoms with Crippen molar-refractivity contribution in [1.29, 1.82) is 0 Å². The number of halogens is 1. The van der Waals surface area contributed by atoms with E-state index >= 15 is 0 Å². The van der Waals surface area contributed by atoms with E-state index < -0.39 is 5.56 Å².